The summed E-state index contributed by atoms with van der Waals surface area (Å²) >= 11 is 0. The van der Waals surface area contributed by atoms with Crippen LogP contribution >= 0.6 is 0 Å². The number of likely N-dealkylation sites (tertiary alicyclic amines) is 1. The van der Waals surface area contributed by atoms with Gasteiger partial charge in [0.15, 0.2) is 0 Å². The van der Waals surface area contributed by atoms with E-state index in [9.17, 15) is 4.79 Å². The van der Waals surface area contributed by atoms with Crippen LogP contribution in [0.2, 0.25) is 0 Å². The fraction of sp³-hybridized carbons (Fsp3) is 0.450. The smallest absolute Gasteiger partial charge is 0.272 e. The summed E-state index contributed by atoms with van der Waals surface area (Å²) in [5, 5.41) is 3.28. The molecule has 132 valence electrons. The first-order valence-electron chi connectivity index (χ1n) is 9.17. The first-order valence-corrected chi connectivity index (χ1v) is 9.17. The molecule has 1 fully saturated rings. The molecule has 1 aromatic heterocycles. The van der Waals surface area contributed by atoms with Gasteiger partial charge in [-0.15, -0.1) is 0 Å². The number of para-hydroxylation sites is 1. The van der Waals surface area contributed by atoms with Crippen molar-refractivity contribution in [3.8, 4) is 0 Å². The van der Waals surface area contributed by atoms with Gasteiger partial charge in [0.2, 0.25) is 5.95 Å². The molecular weight excluding hydrogens is 312 g/mol. The zero-order chi connectivity index (χ0) is 17.6. The SMILES string of the molecule is CCc1ccccc1Nc1nc(C)cc(C(=O)N2CCCCCC2)n1. The first-order chi connectivity index (χ1) is 12.2. The van der Waals surface area contributed by atoms with Gasteiger partial charge in [0.1, 0.15) is 5.69 Å². The zero-order valence-corrected chi connectivity index (χ0v) is 15.1. The van der Waals surface area contributed by atoms with Gasteiger partial charge < -0.3 is 10.2 Å². The highest BCUT2D eigenvalue weighted by Gasteiger charge is 2.19. The van der Waals surface area contributed by atoms with E-state index < -0.39 is 0 Å². The number of amides is 1. The highest BCUT2D eigenvalue weighted by Crippen LogP contribution is 2.20. The van der Waals surface area contributed by atoms with Crippen LogP contribution in [0.1, 0.15) is 54.4 Å². The Labute approximate surface area is 149 Å². The van der Waals surface area contributed by atoms with Crippen LogP contribution in [0.5, 0.6) is 0 Å². The van der Waals surface area contributed by atoms with E-state index in [0.717, 1.165) is 43.7 Å². The Morgan fingerprint density at radius 2 is 1.84 bits per heavy atom. The second-order valence-corrected chi connectivity index (χ2v) is 6.56. The van der Waals surface area contributed by atoms with Crippen molar-refractivity contribution in [3.63, 3.8) is 0 Å². The van der Waals surface area contributed by atoms with E-state index in [2.05, 4.69) is 28.3 Å². The molecule has 0 atom stereocenters. The molecule has 0 aliphatic carbocycles. The molecule has 1 saturated heterocycles. The van der Waals surface area contributed by atoms with Crippen molar-refractivity contribution in [3.05, 3.63) is 47.3 Å². The number of nitrogens with one attached hydrogen (secondary N) is 1. The molecule has 0 saturated carbocycles. The Hall–Kier alpha value is -2.43. The molecular formula is C20H26N4O. The number of rotatable bonds is 4. The predicted octanol–water partition coefficient (Wildman–Crippen LogP) is 4.11. The lowest BCUT2D eigenvalue weighted by Crippen LogP contribution is -2.32. The zero-order valence-electron chi connectivity index (χ0n) is 15.1. The van der Waals surface area contributed by atoms with E-state index in [1.165, 1.54) is 18.4 Å². The van der Waals surface area contributed by atoms with Crippen LogP contribution in [0.15, 0.2) is 30.3 Å². The van der Waals surface area contributed by atoms with Crippen molar-refractivity contribution in [2.45, 2.75) is 46.0 Å². The summed E-state index contributed by atoms with van der Waals surface area (Å²) in [6.07, 6.45) is 5.48. The fourth-order valence-electron chi connectivity index (χ4n) is 3.24. The van der Waals surface area contributed by atoms with E-state index in [4.69, 9.17) is 0 Å². The van der Waals surface area contributed by atoms with Crippen molar-refractivity contribution < 1.29 is 4.79 Å². The third-order valence-electron chi connectivity index (χ3n) is 4.61. The third-order valence-corrected chi connectivity index (χ3v) is 4.61. The standard InChI is InChI=1S/C20H26N4O/c1-3-16-10-6-7-11-17(16)22-20-21-15(2)14-18(23-20)19(25)24-12-8-4-5-9-13-24/h6-7,10-11,14H,3-5,8-9,12-13H2,1-2H3,(H,21,22,23). The van der Waals surface area contributed by atoms with Crippen LogP contribution in [0, 0.1) is 6.92 Å². The minimum absolute atomic E-state index is 0.0132. The van der Waals surface area contributed by atoms with Crippen LogP contribution in [0.4, 0.5) is 11.6 Å². The fourth-order valence-corrected chi connectivity index (χ4v) is 3.24. The van der Waals surface area contributed by atoms with Gasteiger partial charge in [-0.2, -0.15) is 0 Å². The maximum atomic E-state index is 12.8. The van der Waals surface area contributed by atoms with E-state index in [1.807, 2.05) is 30.0 Å². The Morgan fingerprint density at radius 1 is 1.12 bits per heavy atom. The average molecular weight is 338 g/mol. The highest BCUT2D eigenvalue weighted by molar-refractivity contribution is 5.92. The number of hydrogen-bond donors (Lipinski definition) is 1. The van der Waals surface area contributed by atoms with Crippen molar-refractivity contribution in [2.24, 2.45) is 0 Å². The minimum atomic E-state index is 0.0132. The highest BCUT2D eigenvalue weighted by atomic mass is 16.2. The summed E-state index contributed by atoms with van der Waals surface area (Å²) in [5.41, 5.74) is 3.47. The molecule has 0 unspecified atom stereocenters. The third kappa shape index (κ3) is 4.35. The molecule has 1 aliphatic rings. The topological polar surface area (TPSA) is 58.1 Å². The molecule has 0 bridgehead atoms. The molecule has 1 aromatic carbocycles. The lowest BCUT2D eigenvalue weighted by Gasteiger charge is -2.20. The lowest BCUT2D eigenvalue weighted by molar-refractivity contribution is 0.0755. The van der Waals surface area contributed by atoms with Gasteiger partial charge in [-0.3, -0.25) is 4.79 Å². The van der Waals surface area contributed by atoms with Crippen molar-refractivity contribution in [1.82, 2.24) is 14.9 Å². The molecule has 2 aromatic rings. The van der Waals surface area contributed by atoms with Crippen LogP contribution in [-0.4, -0.2) is 33.9 Å². The van der Waals surface area contributed by atoms with Gasteiger partial charge in [0.05, 0.1) is 0 Å². The van der Waals surface area contributed by atoms with E-state index in [1.54, 1.807) is 6.07 Å². The second-order valence-electron chi connectivity index (χ2n) is 6.56. The molecule has 3 rings (SSSR count). The Morgan fingerprint density at radius 3 is 2.56 bits per heavy atom. The van der Waals surface area contributed by atoms with Gasteiger partial charge >= 0.3 is 0 Å². The maximum Gasteiger partial charge on any atom is 0.272 e. The van der Waals surface area contributed by atoms with Gasteiger partial charge in [-0.05, 0) is 43.9 Å². The van der Waals surface area contributed by atoms with Gasteiger partial charge in [0, 0.05) is 24.5 Å². The molecule has 1 amide bonds. The molecule has 0 radical (unpaired) electrons. The molecule has 1 N–H and O–H groups in total. The summed E-state index contributed by atoms with van der Waals surface area (Å²) in [6.45, 7) is 5.66. The van der Waals surface area contributed by atoms with Crippen LogP contribution in [0.3, 0.4) is 0 Å². The number of anilines is 2. The number of benzene rings is 1. The quantitative estimate of drug-likeness (QED) is 0.911. The van der Waals surface area contributed by atoms with E-state index in [-0.39, 0.29) is 5.91 Å². The average Bonchev–Trinajstić information content (AvgIpc) is 2.90. The summed E-state index contributed by atoms with van der Waals surface area (Å²) in [4.78, 5) is 23.7. The Bertz CT molecular complexity index is 736. The van der Waals surface area contributed by atoms with Gasteiger partial charge in [0.25, 0.3) is 5.91 Å². The predicted molar refractivity (Wildman–Crippen MR) is 100 cm³/mol. The molecule has 0 spiro atoms. The van der Waals surface area contributed by atoms with Gasteiger partial charge in [-0.25, -0.2) is 9.97 Å². The first kappa shape index (κ1) is 17.4. The van der Waals surface area contributed by atoms with E-state index in [0.29, 0.717) is 11.6 Å². The van der Waals surface area contributed by atoms with Crippen molar-refractivity contribution in [2.75, 3.05) is 18.4 Å². The molecule has 2 heterocycles. The maximum absolute atomic E-state index is 12.8. The number of aromatic nitrogens is 2. The molecule has 5 nitrogen and oxygen atoms in total. The number of aryl methyl sites for hydroxylation is 2. The van der Waals surface area contributed by atoms with Crippen LogP contribution < -0.4 is 5.32 Å². The minimum Gasteiger partial charge on any atom is -0.337 e. The number of hydrogen-bond acceptors (Lipinski definition) is 4. The summed E-state index contributed by atoms with van der Waals surface area (Å²) in [6, 6.07) is 9.89. The summed E-state index contributed by atoms with van der Waals surface area (Å²) < 4.78 is 0. The largest absolute Gasteiger partial charge is 0.337 e. The second kappa shape index (κ2) is 8.10. The molecule has 1 aliphatic heterocycles. The number of nitrogens with zero attached hydrogens (tertiary/aromatic N) is 3. The lowest BCUT2D eigenvalue weighted by atomic mass is 10.1. The molecule has 5 heteroatoms. The Kier molecular flexibility index (Phi) is 5.64. The van der Waals surface area contributed by atoms with Crippen molar-refractivity contribution >= 4 is 17.5 Å². The van der Waals surface area contributed by atoms with E-state index >= 15 is 0 Å². The number of carbonyl (C=O) groups excluding carboxylic acids is 1. The summed E-state index contributed by atoms with van der Waals surface area (Å²) in [7, 11) is 0. The Balaban J connectivity index is 1.83. The van der Waals surface area contributed by atoms with Crippen LogP contribution in [0.25, 0.3) is 0 Å². The van der Waals surface area contributed by atoms with Gasteiger partial charge in [-0.1, -0.05) is 38.0 Å². The van der Waals surface area contributed by atoms with Crippen molar-refractivity contribution in [1.29, 1.82) is 0 Å². The number of carbonyl (C=O) groups is 1. The normalized spacial score (nSPS) is 14.9. The summed E-state index contributed by atoms with van der Waals surface area (Å²) in [5.74, 6) is 0.498. The van der Waals surface area contributed by atoms with Crippen LogP contribution in [-0.2, 0) is 6.42 Å². The monoisotopic (exact) mass is 338 g/mol. The molecule has 25 heavy (non-hydrogen) atoms.